The first-order valence-corrected chi connectivity index (χ1v) is 16.3. The number of carbonyl (C=O) groups is 2. The lowest BCUT2D eigenvalue weighted by molar-refractivity contribution is -0.123. The van der Waals surface area contributed by atoms with E-state index in [1.54, 1.807) is 43.1 Å². The predicted molar refractivity (Wildman–Crippen MR) is 166 cm³/mol. The molecule has 8 rings (SSSR count). The number of nitrogens with one attached hydrogen (secondary N) is 1. The predicted octanol–water partition coefficient (Wildman–Crippen LogP) is 6.01. The Morgan fingerprint density at radius 1 is 0.907 bits per heavy atom. The second-order valence-electron chi connectivity index (χ2n) is 12.0. The monoisotopic (exact) mass is 610 g/mol. The summed E-state index contributed by atoms with van der Waals surface area (Å²) in [5.41, 5.74) is 3.91. The zero-order valence-electron chi connectivity index (χ0n) is 23.7. The molecule has 43 heavy (non-hydrogen) atoms. The van der Waals surface area contributed by atoms with E-state index in [9.17, 15) is 14.4 Å². The molecule has 2 saturated carbocycles. The molecule has 4 aromatic rings. The fourth-order valence-corrected chi connectivity index (χ4v) is 10.9. The number of aromatic amines is 1. The Hall–Kier alpha value is -3.82. The Morgan fingerprint density at radius 3 is 2.37 bits per heavy atom. The highest BCUT2D eigenvalue weighted by atomic mass is 32.2. The van der Waals surface area contributed by atoms with Gasteiger partial charge in [-0.2, -0.15) is 0 Å². The lowest BCUT2D eigenvalue weighted by Gasteiger charge is -2.43. The van der Waals surface area contributed by atoms with Crippen LogP contribution in [-0.2, 0) is 16.2 Å². The van der Waals surface area contributed by atoms with Gasteiger partial charge in [0.1, 0.15) is 18.1 Å². The summed E-state index contributed by atoms with van der Waals surface area (Å²) in [4.78, 5) is 46.1. The maximum atomic E-state index is 14.0. The molecule has 5 unspecified atom stereocenters. The Bertz CT molecular complexity index is 1800. The minimum Gasteiger partial charge on any atom is -0.497 e. The zero-order chi connectivity index (χ0) is 29.4. The Balaban J connectivity index is 1.17. The van der Waals surface area contributed by atoms with Gasteiger partial charge in [-0.1, -0.05) is 59.4 Å². The van der Waals surface area contributed by atoms with Gasteiger partial charge in [-0.05, 0) is 67.0 Å². The van der Waals surface area contributed by atoms with Crippen molar-refractivity contribution in [1.29, 1.82) is 0 Å². The molecule has 2 amide bonds. The number of aryl methyl sites for hydroxylation is 1. The molecule has 1 N–H and O–H groups in total. The molecule has 3 fully saturated rings. The van der Waals surface area contributed by atoms with E-state index in [2.05, 4.69) is 42.2 Å². The van der Waals surface area contributed by atoms with Crippen LogP contribution in [0.1, 0.15) is 33.9 Å². The third kappa shape index (κ3) is 4.12. The van der Waals surface area contributed by atoms with Crippen molar-refractivity contribution in [1.82, 2.24) is 4.98 Å². The van der Waals surface area contributed by atoms with Crippen molar-refractivity contribution < 1.29 is 19.1 Å². The van der Waals surface area contributed by atoms with Gasteiger partial charge in [-0.15, -0.1) is 11.8 Å². The van der Waals surface area contributed by atoms with Crippen LogP contribution in [0, 0.1) is 36.5 Å². The number of hydrogen-bond acceptors (Lipinski definition) is 7. The van der Waals surface area contributed by atoms with E-state index in [1.807, 2.05) is 18.2 Å². The SMILES string of the molecule is COc1ccc(N2C(=O)C3C(C2=O)[C@@H]2C[C@H]3C3Sc4[nH]c(=O)sc4C(c4ccccc4OCc4ccc(C)cc4)C32)cc1. The molecule has 9 heteroatoms. The number of methoxy groups -OCH3 is 1. The number of anilines is 1. The number of ether oxygens (including phenoxy) is 2. The second-order valence-corrected chi connectivity index (χ2v) is 14.2. The highest BCUT2D eigenvalue weighted by Gasteiger charge is 2.69. The number of aromatic nitrogens is 1. The minimum absolute atomic E-state index is 0.0349. The largest absolute Gasteiger partial charge is 0.497 e. The second kappa shape index (κ2) is 10.1. The molecule has 1 aromatic heterocycles. The summed E-state index contributed by atoms with van der Waals surface area (Å²) in [6, 6.07) is 23.6. The van der Waals surface area contributed by atoms with E-state index >= 15 is 0 Å². The van der Waals surface area contributed by atoms with Gasteiger partial charge >= 0.3 is 4.87 Å². The van der Waals surface area contributed by atoms with Gasteiger partial charge in [-0.3, -0.25) is 19.3 Å². The zero-order valence-corrected chi connectivity index (χ0v) is 25.3. The van der Waals surface area contributed by atoms with Gasteiger partial charge in [-0.25, -0.2) is 0 Å². The van der Waals surface area contributed by atoms with Crippen LogP contribution in [0.5, 0.6) is 11.5 Å². The van der Waals surface area contributed by atoms with Gasteiger partial charge in [0.2, 0.25) is 11.8 Å². The van der Waals surface area contributed by atoms with Crippen LogP contribution in [0.2, 0.25) is 0 Å². The normalized spacial score (nSPS) is 28.5. The number of rotatable bonds is 6. The molecule has 7 atom stereocenters. The summed E-state index contributed by atoms with van der Waals surface area (Å²) >= 11 is 2.96. The topological polar surface area (TPSA) is 88.7 Å². The number of carbonyl (C=O) groups excluding carboxylic acids is 2. The summed E-state index contributed by atoms with van der Waals surface area (Å²) in [7, 11) is 1.59. The average molecular weight is 611 g/mol. The standard InChI is InChI=1S/C34H30N2O5S2/c1-17-7-9-18(10-8-17)16-41-24-6-4-3-5-21(24)25-26-22-15-23(29(26)42-31-30(25)43-34(39)35-31)28-27(22)32(37)36(33(28)38)19-11-13-20(40-2)14-12-19/h3-14,22-23,25-29H,15-16H2,1-2H3,(H,35,39)/t22-,23-,25?,26?,27?,28?,29?/m1/s1. The molecule has 218 valence electrons. The maximum absolute atomic E-state index is 14.0. The maximum Gasteiger partial charge on any atom is 0.305 e. The minimum atomic E-state index is -0.359. The Kier molecular flexibility index (Phi) is 6.31. The summed E-state index contributed by atoms with van der Waals surface area (Å²) in [6.45, 7) is 2.50. The first kappa shape index (κ1) is 26.8. The smallest absolute Gasteiger partial charge is 0.305 e. The van der Waals surface area contributed by atoms with Crippen LogP contribution in [-0.4, -0.2) is 29.2 Å². The number of thioether (sulfide) groups is 1. The van der Waals surface area contributed by atoms with Crippen molar-refractivity contribution in [2.75, 3.05) is 12.0 Å². The number of amides is 2. The van der Waals surface area contributed by atoms with E-state index in [-0.39, 0.29) is 57.4 Å². The van der Waals surface area contributed by atoms with Crippen LogP contribution < -0.4 is 19.2 Å². The summed E-state index contributed by atoms with van der Waals surface area (Å²) in [5, 5.41) is 1.01. The number of hydrogen-bond donors (Lipinski definition) is 1. The average Bonchev–Trinajstić information content (AvgIpc) is 3.76. The molecular formula is C34H30N2O5S2. The molecule has 2 aliphatic carbocycles. The number of H-pyrrole nitrogens is 1. The number of fused-ring (bicyclic) bond motifs is 9. The lowest BCUT2D eigenvalue weighted by Crippen LogP contribution is -2.42. The number of nitrogens with zero attached hydrogens (tertiary/aromatic N) is 1. The summed E-state index contributed by atoms with van der Waals surface area (Å²) in [5.74, 6) is 0.657. The number of benzene rings is 3. The van der Waals surface area contributed by atoms with Crippen LogP contribution in [0.15, 0.2) is 82.6 Å². The first-order valence-electron chi connectivity index (χ1n) is 14.6. The molecule has 0 radical (unpaired) electrons. The Morgan fingerprint density at radius 2 is 1.63 bits per heavy atom. The van der Waals surface area contributed by atoms with E-state index < -0.39 is 0 Å². The van der Waals surface area contributed by atoms with Gasteiger partial charge < -0.3 is 14.5 Å². The van der Waals surface area contributed by atoms with Crippen molar-refractivity contribution in [3.8, 4) is 11.5 Å². The van der Waals surface area contributed by atoms with E-state index in [0.717, 1.165) is 33.2 Å². The molecule has 2 aliphatic heterocycles. The van der Waals surface area contributed by atoms with E-state index in [0.29, 0.717) is 18.0 Å². The van der Waals surface area contributed by atoms with Gasteiger partial charge in [0.25, 0.3) is 0 Å². The highest BCUT2D eigenvalue weighted by molar-refractivity contribution is 8.00. The van der Waals surface area contributed by atoms with Crippen LogP contribution >= 0.6 is 23.1 Å². The van der Waals surface area contributed by atoms with Crippen molar-refractivity contribution >= 4 is 40.6 Å². The van der Waals surface area contributed by atoms with Gasteiger partial charge in [0.15, 0.2) is 0 Å². The van der Waals surface area contributed by atoms with E-state index in [4.69, 9.17) is 9.47 Å². The fraction of sp³-hybridized carbons (Fsp3) is 0.324. The molecule has 0 spiro atoms. The highest BCUT2D eigenvalue weighted by Crippen LogP contribution is 2.69. The molecule has 4 aliphatic rings. The van der Waals surface area contributed by atoms with Gasteiger partial charge in [0.05, 0.1) is 29.7 Å². The van der Waals surface area contributed by atoms with Crippen molar-refractivity contribution in [2.24, 2.45) is 29.6 Å². The summed E-state index contributed by atoms with van der Waals surface area (Å²) in [6.07, 6.45) is 0.841. The molecular weight excluding hydrogens is 581 g/mol. The molecule has 3 heterocycles. The molecule has 3 aromatic carbocycles. The molecule has 2 bridgehead atoms. The van der Waals surface area contributed by atoms with Crippen molar-refractivity contribution in [3.63, 3.8) is 0 Å². The van der Waals surface area contributed by atoms with Crippen LogP contribution in [0.4, 0.5) is 5.69 Å². The number of para-hydroxylation sites is 1. The van der Waals surface area contributed by atoms with Gasteiger partial charge in [0, 0.05) is 21.6 Å². The number of thiazole rings is 1. The molecule has 1 saturated heterocycles. The van der Waals surface area contributed by atoms with Crippen LogP contribution in [0.3, 0.4) is 0 Å². The Labute approximate surface area is 257 Å². The molecule has 7 nitrogen and oxygen atoms in total. The fourth-order valence-electron chi connectivity index (χ4n) is 8.07. The first-order chi connectivity index (χ1) is 20.9. The third-order valence-corrected chi connectivity index (χ3v) is 12.4. The lowest BCUT2D eigenvalue weighted by atomic mass is 9.68. The third-order valence-electron chi connectivity index (χ3n) is 9.82. The van der Waals surface area contributed by atoms with Crippen LogP contribution in [0.25, 0.3) is 0 Å². The van der Waals surface area contributed by atoms with Crippen molar-refractivity contribution in [3.05, 3.63) is 104 Å². The quantitative estimate of drug-likeness (QED) is 0.269. The van der Waals surface area contributed by atoms with Crippen molar-refractivity contribution in [2.45, 2.75) is 36.1 Å². The van der Waals surface area contributed by atoms with E-state index in [1.165, 1.54) is 21.8 Å². The number of imide groups is 1. The summed E-state index contributed by atoms with van der Waals surface area (Å²) < 4.78 is 11.7.